The summed E-state index contributed by atoms with van der Waals surface area (Å²) < 4.78 is 15.2. The van der Waals surface area contributed by atoms with E-state index < -0.39 is 0 Å². The fourth-order valence-electron chi connectivity index (χ4n) is 4.77. The smallest absolute Gasteiger partial charge is 0.254 e. The number of para-hydroxylation sites is 1. The van der Waals surface area contributed by atoms with Gasteiger partial charge in [-0.15, -0.1) is 0 Å². The number of rotatable bonds is 6. The van der Waals surface area contributed by atoms with Crippen LogP contribution in [0, 0.1) is 5.82 Å². The molecule has 0 N–H and O–H groups in total. The number of fused-ring (bicyclic) bond motifs is 1. The van der Waals surface area contributed by atoms with Gasteiger partial charge in [0.25, 0.3) is 5.91 Å². The molecule has 1 saturated heterocycles. The molecule has 0 radical (unpaired) electrons. The molecule has 0 saturated carbocycles. The lowest BCUT2D eigenvalue weighted by Crippen LogP contribution is -2.49. The fourth-order valence-corrected chi connectivity index (χ4v) is 5.14. The van der Waals surface area contributed by atoms with Gasteiger partial charge in [-0.3, -0.25) is 4.79 Å². The number of carbonyl (C=O) groups excluding carboxylic acids is 1. The molecule has 1 amide bonds. The second-order valence-corrected chi connectivity index (χ2v) is 10.2. The molecule has 1 aromatic heterocycles. The van der Waals surface area contributed by atoms with Gasteiger partial charge >= 0.3 is 0 Å². The zero-order valence-electron chi connectivity index (χ0n) is 20.4. The number of pyridine rings is 1. The largest absolute Gasteiger partial charge is 0.366 e. The monoisotopic (exact) mass is 545 g/mol. The van der Waals surface area contributed by atoms with Crippen molar-refractivity contribution in [3.63, 3.8) is 0 Å². The average Bonchev–Trinajstić information content (AvgIpc) is 2.91. The van der Waals surface area contributed by atoms with Crippen molar-refractivity contribution in [3.05, 3.63) is 94.2 Å². The first kappa shape index (κ1) is 24.4. The van der Waals surface area contributed by atoms with Crippen molar-refractivity contribution in [1.82, 2.24) is 9.88 Å². The first-order valence-corrected chi connectivity index (χ1v) is 13.3. The molecule has 3 aromatic carbocycles. The Labute approximate surface area is 219 Å². The lowest BCUT2D eigenvalue weighted by Gasteiger charge is -2.36. The minimum absolute atomic E-state index is 0.0190. The number of aromatic nitrogens is 1. The van der Waals surface area contributed by atoms with Crippen LogP contribution < -0.4 is 4.90 Å². The number of nitrogens with zero attached hydrogens (tertiary/aromatic N) is 3. The SMILES string of the molecule is CCCCc1ccc(-c2cc(C(=O)N3CCN(c4ccccc4F)CC3)c3cc(Br)ccc3n2)cc1. The van der Waals surface area contributed by atoms with Crippen molar-refractivity contribution in [2.45, 2.75) is 26.2 Å². The number of anilines is 1. The Morgan fingerprint density at radius 1 is 0.972 bits per heavy atom. The van der Waals surface area contributed by atoms with E-state index in [1.54, 1.807) is 12.1 Å². The van der Waals surface area contributed by atoms with E-state index in [9.17, 15) is 9.18 Å². The number of benzene rings is 3. The molecule has 184 valence electrons. The van der Waals surface area contributed by atoms with Crippen LogP contribution in [-0.2, 0) is 6.42 Å². The summed E-state index contributed by atoms with van der Waals surface area (Å²) in [6, 6.07) is 23.1. The van der Waals surface area contributed by atoms with Crippen LogP contribution in [0.2, 0.25) is 0 Å². The third kappa shape index (κ3) is 5.14. The molecular weight excluding hydrogens is 517 g/mol. The number of hydrogen-bond donors (Lipinski definition) is 0. The average molecular weight is 546 g/mol. The molecule has 0 atom stereocenters. The van der Waals surface area contributed by atoms with Crippen molar-refractivity contribution in [2.24, 2.45) is 0 Å². The van der Waals surface area contributed by atoms with E-state index in [2.05, 4.69) is 47.1 Å². The molecule has 36 heavy (non-hydrogen) atoms. The number of unbranched alkanes of at least 4 members (excludes halogenated alkanes) is 1. The Balaban J connectivity index is 1.43. The van der Waals surface area contributed by atoms with Gasteiger partial charge in [0.1, 0.15) is 5.82 Å². The second-order valence-electron chi connectivity index (χ2n) is 9.25. The zero-order valence-corrected chi connectivity index (χ0v) is 22.0. The first-order valence-electron chi connectivity index (χ1n) is 12.5. The summed E-state index contributed by atoms with van der Waals surface area (Å²) in [4.78, 5) is 22.5. The summed E-state index contributed by atoms with van der Waals surface area (Å²) in [6.07, 6.45) is 3.41. The number of hydrogen-bond acceptors (Lipinski definition) is 3. The predicted molar refractivity (Wildman–Crippen MR) is 148 cm³/mol. The van der Waals surface area contributed by atoms with Gasteiger partial charge in [0.05, 0.1) is 22.5 Å². The normalized spacial score (nSPS) is 13.9. The van der Waals surface area contributed by atoms with Crippen molar-refractivity contribution in [1.29, 1.82) is 0 Å². The van der Waals surface area contributed by atoms with Crippen LogP contribution in [0.4, 0.5) is 10.1 Å². The highest BCUT2D eigenvalue weighted by Gasteiger charge is 2.25. The van der Waals surface area contributed by atoms with Gasteiger partial charge in [0, 0.05) is 41.6 Å². The van der Waals surface area contributed by atoms with Crippen LogP contribution in [0.5, 0.6) is 0 Å². The first-order chi connectivity index (χ1) is 17.5. The highest BCUT2D eigenvalue weighted by Crippen LogP contribution is 2.29. The molecule has 0 spiro atoms. The Bertz CT molecular complexity index is 1380. The van der Waals surface area contributed by atoms with Gasteiger partial charge in [0.2, 0.25) is 0 Å². The summed E-state index contributed by atoms with van der Waals surface area (Å²) >= 11 is 3.55. The Morgan fingerprint density at radius 3 is 2.44 bits per heavy atom. The van der Waals surface area contributed by atoms with Crippen molar-refractivity contribution < 1.29 is 9.18 Å². The van der Waals surface area contributed by atoms with E-state index in [-0.39, 0.29) is 11.7 Å². The lowest BCUT2D eigenvalue weighted by atomic mass is 10.0. The van der Waals surface area contributed by atoms with E-state index in [4.69, 9.17) is 4.98 Å². The van der Waals surface area contributed by atoms with Crippen LogP contribution in [0.3, 0.4) is 0 Å². The van der Waals surface area contributed by atoms with Crippen LogP contribution in [0.25, 0.3) is 22.2 Å². The number of amides is 1. The van der Waals surface area contributed by atoms with Gasteiger partial charge in [-0.25, -0.2) is 9.37 Å². The van der Waals surface area contributed by atoms with E-state index >= 15 is 0 Å². The highest BCUT2D eigenvalue weighted by atomic mass is 79.9. The molecule has 6 heteroatoms. The van der Waals surface area contributed by atoms with Crippen LogP contribution in [0.1, 0.15) is 35.7 Å². The third-order valence-electron chi connectivity index (χ3n) is 6.83. The minimum atomic E-state index is -0.229. The Kier molecular flexibility index (Phi) is 7.33. The quantitative estimate of drug-likeness (QED) is 0.259. The van der Waals surface area contributed by atoms with Gasteiger partial charge in [-0.05, 0) is 54.8 Å². The maximum atomic E-state index is 14.3. The van der Waals surface area contributed by atoms with E-state index in [1.165, 1.54) is 24.5 Å². The van der Waals surface area contributed by atoms with E-state index in [0.29, 0.717) is 37.4 Å². The van der Waals surface area contributed by atoms with E-state index in [0.717, 1.165) is 33.1 Å². The van der Waals surface area contributed by atoms with Crippen LogP contribution >= 0.6 is 15.9 Å². The number of aryl methyl sites for hydroxylation is 1. The van der Waals surface area contributed by atoms with E-state index in [1.807, 2.05) is 40.1 Å². The Hall–Kier alpha value is -3.25. The number of carbonyl (C=O) groups is 1. The fraction of sp³-hybridized carbons (Fsp3) is 0.267. The number of halogens is 2. The maximum Gasteiger partial charge on any atom is 0.254 e. The molecule has 5 rings (SSSR count). The molecule has 0 bridgehead atoms. The Morgan fingerprint density at radius 2 is 1.72 bits per heavy atom. The molecule has 4 nitrogen and oxygen atoms in total. The summed E-state index contributed by atoms with van der Waals surface area (Å²) in [5.41, 5.74) is 5.13. The summed E-state index contributed by atoms with van der Waals surface area (Å²) in [7, 11) is 0. The standard InChI is InChI=1S/C30H29BrFN3O/c1-2-3-6-21-9-11-22(12-10-21)28-20-25(24-19-23(31)13-14-27(24)33-28)30(36)35-17-15-34(16-18-35)29-8-5-4-7-26(29)32/h4-5,7-14,19-20H,2-3,6,15-18H2,1H3. The molecule has 0 aliphatic carbocycles. The molecule has 0 unspecified atom stereocenters. The predicted octanol–water partition coefficient (Wildman–Crippen LogP) is 7.11. The van der Waals surface area contributed by atoms with Crippen LogP contribution in [-0.4, -0.2) is 42.0 Å². The maximum absolute atomic E-state index is 14.3. The van der Waals surface area contributed by atoms with Crippen LogP contribution in [0.15, 0.2) is 77.3 Å². The van der Waals surface area contributed by atoms with Gasteiger partial charge in [-0.1, -0.05) is 65.7 Å². The van der Waals surface area contributed by atoms with Crippen molar-refractivity contribution in [2.75, 3.05) is 31.1 Å². The van der Waals surface area contributed by atoms with Crippen molar-refractivity contribution >= 4 is 38.4 Å². The summed E-state index contributed by atoms with van der Waals surface area (Å²) in [5.74, 6) is -0.248. The van der Waals surface area contributed by atoms with Gasteiger partial charge < -0.3 is 9.80 Å². The topological polar surface area (TPSA) is 36.4 Å². The highest BCUT2D eigenvalue weighted by molar-refractivity contribution is 9.10. The van der Waals surface area contributed by atoms with Gasteiger partial charge in [-0.2, -0.15) is 0 Å². The third-order valence-corrected chi connectivity index (χ3v) is 7.32. The molecule has 1 aliphatic rings. The molecule has 1 fully saturated rings. The summed E-state index contributed by atoms with van der Waals surface area (Å²) in [5, 5.41) is 0.828. The zero-order chi connectivity index (χ0) is 25.1. The van der Waals surface area contributed by atoms with Gasteiger partial charge in [0.15, 0.2) is 0 Å². The van der Waals surface area contributed by atoms with Crippen molar-refractivity contribution in [3.8, 4) is 11.3 Å². The number of piperazine rings is 1. The molecule has 1 aliphatic heterocycles. The summed E-state index contributed by atoms with van der Waals surface area (Å²) in [6.45, 7) is 4.44. The molecular formula is C30H29BrFN3O. The molecule has 2 heterocycles. The minimum Gasteiger partial charge on any atom is -0.366 e. The molecule has 4 aromatic rings. The lowest BCUT2D eigenvalue weighted by molar-refractivity contribution is 0.0748. The second kappa shape index (κ2) is 10.8.